The van der Waals surface area contributed by atoms with Crippen LogP contribution in [-0.4, -0.2) is 9.13 Å². The van der Waals surface area contributed by atoms with Gasteiger partial charge >= 0.3 is 0 Å². The summed E-state index contributed by atoms with van der Waals surface area (Å²) >= 11 is 0. The van der Waals surface area contributed by atoms with Crippen molar-refractivity contribution in [3.63, 3.8) is 0 Å². The van der Waals surface area contributed by atoms with Crippen LogP contribution in [-0.2, 0) is 0 Å². The molecule has 3 heteroatoms. The standard InChI is InChI=1S/C44H31N3/c1-5-16-32(17-6-1)33-28-30-37(31-29-33)45(34-18-7-2-8-19-34)41-27-15-25-39-42-38-24-13-14-26-40(38)46(35-20-9-3-10-21-35)44(42)47(43(39)41)36-22-11-4-12-23-36/h1-31H. The highest BCUT2D eigenvalue weighted by molar-refractivity contribution is 6.24. The molecule has 9 rings (SSSR count). The molecule has 9 aromatic rings. The maximum Gasteiger partial charge on any atom is 0.131 e. The number of hydrogen-bond acceptors (Lipinski definition) is 1. The van der Waals surface area contributed by atoms with Crippen molar-refractivity contribution in [2.24, 2.45) is 0 Å². The topological polar surface area (TPSA) is 13.1 Å². The Bertz CT molecular complexity index is 2480. The van der Waals surface area contributed by atoms with Gasteiger partial charge in [0, 0.05) is 38.9 Å². The maximum atomic E-state index is 2.46. The molecule has 0 saturated carbocycles. The molecule has 0 fully saturated rings. The van der Waals surface area contributed by atoms with Crippen molar-refractivity contribution in [3.8, 4) is 22.5 Å². The molecule has 2 heterocycles. The third-order valence-corrected chi connectivity index (χ3v) is 9.09. The highest BCUT2D eigenvalue weighted by Gasteiger charge is 2.26. The van der Waals surface area contributed by atoms with Crippen LogP contribution in [0, 0.1) is 0 Å². The summed E-state index contributed by atoms with van der Waals surface area (Å²) < 4.78 is 4.88. The van der Waals surface area contributed by atoms with E-state index in [1.165, 1.54) is 32.8 Å². The van der Waals surface area contributed by atoms with E-state index < -0.39 is 0 Å². The predicted molar refractivity (Wildman–Crippen MR) is 198 cm³/mol. The van der Waals surface area contributed by atoms with Gasteiger partial charge in [0.05, 0.1) is 16.7 Å². The first-order chi connectivity index (χ1) is 23.4. The number of fused-ring (bicyclic) bond motifs is 5. The van der Waals surface area contributed by atoms with E-state index in [1.54, 1.807) is 0 Å². The first-order valence-corrected chi connectivity index (χ1v) is 16.0. The van der Waals surface area contributed by atoms with Gasteiger partial charge in [0.25, 0.3) is 0 Å². The lowest BCUT2D eigenvalue weighted by Crippen LogP contribution is -2.12. The fourth-order valence-corrected chi connectivity index (χ4v) is 7.06. The summed E-state index contributed by atoms with van der Waals surface area (Å²) in [5.41, 5.74) is 11.5. The van der Waals surface area contributed by atoms with E-state index in [0.29, 0.717) is 0 Å². The molecule has 2 aromatic heterocycles. The van der Waals surface area contributed by atoms with Gasteiger partial charge in [-0.1, -0.05) is 127 Å². The molecule has 0 bridgehead atoms. The minimum atomic E-state index is 1.10. The van der Waals surface area contributed by atoms with Gasteiger partial charge in [-0.15, -0.1) is 0 Å². The second kappa shape index (κ2) is 11.2. The number of benzene rings is 7. The Labute approximate surface area is 273 Å². The Hall–Kier alpha value is -6.32. The zero-order valence-electron chi connectivity index (χ0n) is 25.7. The lowest BCUT2D eigenvalue weighted by Gasteiger charge is -2.27. The monoisotopic (exact) mass is 601 g/mol. The minimum Gasteiger partial charge on any atom is -0.308 e. The van der Waals surface area contributed by atoms with E-state index in [1.807, 2.05) is 0 Å². The number of aromatic nitrogens is 2. The van der Waals surface area contributed by atoms with Crippen LogP contribution in [0.25, 0.3) is 55.3 Å². The van der Waals surface area contributed by atoms with Gasteiger partial charge < -0.3 is 4.90 Å². The highest BCUT2D eigenvalue weighted by Crippen LogP contribution is 2.46. The van der Waals surface area contributed by atoms with Crippen molar-refractivity contribution < 1.29 is 0 Å². The largest absolute Gasteiger partial charge is 0.308 e. The van der Waals surface area contributed by atoms with E-state index in [0.717, 1.165) is 39.6 Å². The Balaban J connectivity index is 1.39. The quantitative estimate of drug-likeness (QED) is 0.185. The summed E-state index contributed by atoms with van der Waals surface area (Å²) in [7, 11) is 0. The first-order valence-electron chi connectivity index (χ1n) is 16.0. The molecule has 0 saturated heterocycles. The lowest BCUT2D eigenvalue weighted by molar-refractivity contribution is 1.06. The van der Waals surface area contributed by atoms with E-state index >= 15 is 0 Å². The average Bonchev–Trinajstić information content (AvgIpc) is 3.67. The zero-order chi connectivity index (χ0) is 31.2. The zero-order valence-corrected chi connectivity index (χ0v) is 25.7. The van der Waals surface area contributed by atoms with Crippen molar-refractivity contribution in [2.45, 2.75) is 0 Å². The smallest absolute Gasteiger partial charge is 0.131 e. The number of rotatable bonds is 6. The molecule has 0 atom stereocenters. The van der Waals surface area contributed by atoms with Gasteiger partial charge in [0.15, 0.2) is 0 Å². The molecule has 3 nitrogen and oxygen atoms in total. The second-order valence-corrected chi connectivity index (χ2v) is 11.8. The van der Waals surface area contributed by atoms with Crippen molar-refractivity contribution in [1.82, 2.24) is 9.13 Å². The third-order valence-electron chi connectivity index (χ3n) is 9.09. The third kappa shape index (κ3) is 4.44. The predicted octanol–water partition coefficient (Wildman–Crippen LogP) is 11.9. The number of anilines is 3. The van der Waals surface area contributed by atoms with Crippen LogP contribution in [0.3, 0.4) is 0 Å². The molecule has 0 aliphatic heterocycles. The molecule has 7 aromatic carbocycles. The van der Waals surface area contributed by atoms with E-state index in [2.05, 4.69) is 202 Å². The van der Waals surface area contributed by atoms with Crippen molar-refractivity contribution in [2.75, 3.05) is 4.90 Å². The second-order valence-electron chi connectivity index (χ2n) is 11.8. The molecule has 0 amide bonds. The summed E-state index contributed by atoms with van der Waals surface area (Å²) in [4.78, 5) is 2.39. The van der Waals surface area contributed by atoms with Gasteiger partial charge in [-0.05, 0) is 71.8 Å². The molecular weight excluding hydrogens is 571 g/mol. The van der Waals surface area contributed by atoms with Gasteiger partial charge in [-0.2, -0.15) is 0 Å². The van der Waals surface area contributed by atoms with E-state index in [4.69, 9.17) is 0 Å². The fourth-order valence-electron chi connectivity index (χ4n) is 7.06. The fraction of sp³-hybridized carbons (Fsp3) is 0. The average molecular weight is 602 g/mol. The molecule has 222 valence electrons. The summed E-state index contributed by atoms with van der Waals surface area (Å²) in [6.45, 7) is 0. The molecular formula is C44H31N3. The molecule has 47 heavy (non-hydrogen) atoms. The summed E-state index contributed by atoms with van der Waals surface area (Å²) in [5.74, 6) is 0. The van der Waals surface area contributed by atoms with Crippen LogP contribution in [0.2, 0.25) is 0 Å². The molecule has 0 unspecified atom stereocenters. The number of para-hydroxylation sites is 5. The molecule has 0 radical (unpaired) electrons. The van der Waals surface area contributed by atoms with Crippen LogP contribution in [0.5, 0.6) is 0 Å². The minimum absolute atomic E-state index is 1.10. The van der Waals surface area contributed by atoms with Crippen LogP contribution < -0.4 is 4.90 Å². The van der Waals surface area contributed by atoms with E-state index in [9.17, 15) is 0 Å². The number of nitrogens with zero attached hydrogens (tertiary/aromatic N) is 3. The molecule has 0 aliphatic carbocycles. The Morgan fingerprint density at radius 1 is 0.362 bits per heavy atom. The van der Waals surface area contributed by atoms with Crippen molar-refractivity contribution >= 4 is 49.9 Å². The van der Waals surface area contributed by atoms with Crippen molar-refractivity contribution in [1.29, 1.82) is 0 Å². The van der Waals surface area contributed by atoms with Crippen LogP contribution in [0.1, 0.15) is 0 Å². The lowest BCUT2D eigenvalue weighted by atomic mass is 10.0. The van der Waals surface area contributed by atoms with Crippen LogP contribution in [0.15, 0.2) is 188 Å². The summed E-state index contributed by atoms with van der Waals surface area (Å²) in [6, 6.07) is 67.2. The van der Waals surface area contributed by atoms with Gasteiger partial charge in [0.1, 0.15) is 5.65 Å². The van der Waals surface area contributed by atoms with Gasteiger partial charge in [0.2, 0.25) is 0 Å². The molecule has 0 aliphatic rings. The normalized spacial score (nSPS) is 11.4. The maximum absolute atomic E-state index is 2.46. The highest BCUT2D eigenvalue weighted by atomic mass is 15.2. The van der Waals surface area contributed by atoms with Crippen molar-refractivity contribution in [3.05, 3.63) is 188 Å². The van der Waals surface area contributed by atoms with Gasteiger partial charge in [-0.25, -0.2) is 0 Å². The molecule has 0 spiro atoms. The Morgan fingerprint density at radius 3 is 1.55 bits per heavy atom. The number of hydrogen-bond donors (Lipinski definition) is 0. The summed E-state index contributed by atoms with van der Waals surface area (Å²) in [6.07, 6.45) is 0. The SMILES string of the molecule is c1ccc(-c2ccc(N(c3ccccc3)c3cccc4c5c6ccccc6n(-c6ccccc6)c5n(-c5ccccc5)c34)cc2)cc1. The van der Waals surface area contributed by atoms with Crippen LogP contribution in [0.4, 0.5) is 17.1 Å². The van der Waals surface area contributed by atoms with E-state index in [-0.39, 0.29) is 0 Å². The summed E-state index contributed by atoms with van der Waals surface area (Å²) in [5, 5.41) is 3.70. The van der Waals surface area contributed by atoms with Crippen LogP contribution >= 0.6 is 0 Å². The first kappa shape index (κ1) is 27.0. The Morgan fingerprint density at radius 2 is 0.872 bits per heavy atom. The van der Waals surface area contributed by atoms with Gasteiger partial charge in [-0.3, -0.25) is 9.13 Å². The Kier molecular flexibility index (Phi) is 6.46. The molecule has 0 N–H and O–H groups in total.